The van der Waals surface area contributed by atoms with E-state index in [4.69, 9.17) is 0 Å². The monoisotopic (exact) mass is 442 g/mol. The van der Waals surface area contributed by atoms with Crippen molar-refractivity contribution in [1.29, 1.82) is 0 Å². The Balaban J connectivity index is 1.29. The molecule has 0 saturated heterocycles. The summed E-state index contributed by atoms with van der Waals surface area (Å²) in [7, 11) is 0. The van der Waals surface area contributed by atoms with Crippen molar-refractivity contribution in [2.75, 3.05) is 0 Å². The SMILES string of the molecule is CCCC1CCC(C2CCC(C(F)(F)Cc3ccc(-c4cccc(F)c4)cc3)CC2)CC1. The summed E-state index contributed by atoms with van der Waals surface area (Å²) in [5.41, 5.74) is 2.28. The summed E-state index contributed by atoms with van der Waals surface area (Å²) in [6.45, 7) is 2.27. The standard InChI is InChI=1S/C29H37F3/c1-2-4-21-7-11-23(12-8-21)24-15-17-27(18-16-24)29(31,32)20-22-9-13-25(14-10-22)26-5-3-6-28(30)19-26/h3,5-6,9-10,13-14,19,21,23-24,27H,2,4,7-8,11-12,15-18,20H2,1H3. The summed E-state index contributed by atoms with van der Waals surface area (Å²) in [5.74, 6) is -1.11. The van der Waals surface area contributed by atoms with Gasteiger partial charge in [-0.1, -0.05) is 69.0 Å². The fourth-order valence-electron chi connectivity index (χ4n) is 6.27. The molecule has 0 N–H and O–H groups in total. The van der Waals surface area contributed by atoms with E-state index in [2.05, 4.69) is 6.92 Å². The summed E-state index contributed by atoms with van der Waals surface area (Å²) in [5, 5.41) is 0. The van der Waals surface area contributed by atoms with Gasteiger partial charge in [0.05, 0.1) is 0 Å². The zero-order valence-electron chi connectivity index (χ0n) is 19.3. The maximum absolute atomic E-state index is 15.1. The number of halogens is 3. The molecule has 0 nitrogen and oxygen atoms in total. The first kappa shape index (κ1) is 23.4. The Hall–Kier alpha value is -1.77. The first-order valence-corrected chi connectivity index (χ1v) is 12.7. The average Bonchev–Trinajstić information content (AvgIpc) is 2.80. The van der Waals surface area contributed by atoms with Crippen molar-refractivity contribution in [3.05, 3.63) is 59.9 Å². The second-order valence-corrected chi connectivity index (χ2v) is 10.3. The van der Waals surface area contributed by atoms with Crippen LogP contribution in [0.15, 0.2) is 48.5 Å². The number of alkyl halides is 2. The van der Waals surface area contributed by atoms with Crippen LogP contribution in [0.2, 0.25) is 0 Å². The van der Waals surface area contributed by atoms with Crippen LogP contribution >= 0.6 is 0 Å². The van der Waals surface area contributed by atoms with E-state index in [1.807, 2.05) is 18.2 Å². The van der Waals surface area contributed by atoms with Gasteiger partial charge in [0.15, 0.2) is 0 Å². The fourth-order valence-corrected chi connectivity index (χ4v) is 6.27. The highest BCUT2D eigenvalue weighted by atomic mass is 19.3. The van der Waals surface area contributed by atoms with Crippen LogP contribution < -0.4 is 0 Å². The maximum atomic E-state index is 15.1. The minimum Gasteiger partial charge on any atom is -0.207 e. The molecule has 2 aromatic carbocycles. The van der Waals surface area contributed by atoms with Crippen LogP contribution in [-0.2, 0) is 6.42 Å². The molecule has 0 spiro atoms. The van der Waals surface area contributed by atoms with Crippen molar-refractivity contribution in [2.45, 2.75) is 83.5 Å². The predicted molar refractivity (Wildman–Crippen MR) is 126 cm³/mol. The molecule has 0 amide bonds. The molecule has 3 heteroatoms. The summed E-state index contributed by atoms with van der Waals surface area (Å²) < 4.78 is 43.7. The quantitative estimate of drug-likeness (QED) is 0.401. The molecule has 2 aliphatic rings. The predicted octanol–water partition coefficient (Wildman–Crippen LogP) is 9.08. The lowest BCUT2D eigenvalue weighted by molar-refractivity contribution is -0.0777. The first-order valence-electron chi connectivity index (χ1n) is 12.7. The van der Waals surface area contributed by atoms with E-state index in [9.17, 15) is 4.39 Å². The zero-order chi connectivity index (χ0) is 22.6. The van der Waals surface area contributed by atoms with Crippen LogP contribution in [-0.4, -0.2) is 5.92 Å². The summed E-state index contributed by atoms with van der Waals surface area (Å²) in [6, 6.07) is 13.6. The van der Waals surface area contributed by atoms with Crippen molar-refractivity contribution in [3.63, 3.8) is 0 Å². The molecular formula is C29H37F3. The molecule has 174 valence electrons. The van der Waals surface area contributed by atoms with Crippen molar-refractivity contribution in [1.82, 2.24) is 0 Å². The summed E-state index contributed by atoms with van der Waals surface area (Å²) >= 11 is 0. The van der Waals surface area contributed by atoms with E-state index in [0.29, 0.717) is 24.3 Å². The van der Waals surface area contributed by atoms with E-state index >= 15 is 8.78 Å². The molecule has 4 rings (SSSR count). The van der Waals surface area contributed by atoms with Gasteiger partial charge in [0.2, 0.25) is 0 Å². The molecule has 0 bridgehead atoms. The molecular weight excluding hydrogens is 405 g/mol. The second kappa shape index (κ2) is 10.4. The molecule has 0 unspecified atom stereocenters. The van der Waals surface area contributed by atoms with Gasteiger partial charge in [-0.05, 0) is 85.1 Å². The van der Waals surface area contributed by atoms with Gasteiger partial charge in [0, 0.05) is 12.3 Å². The molecule has 2 aliphatic carbocycles. The Morgan fingerprint density at radius 1 is 0.781 bits per heavy atom. The molecule has 2 saturated carbocycles. The van der Waals surface area contributed by atoms with Crippen molar-refractivity contribution in [2.24, 2.45) is 23.7 Å². The molecule has 32 heavy (non-hydrogen) atoms. The minimum absolute atomic E-state index is 0.201. The lowest BCUT2D eigenvalue weighted by atomic mass is 9.67. The van der Waals surface area contributed by atoms with Crippen LogP contribution in [0.4, 0.5) is 13.2 Å². The molecule has 0 aliphatic heterocycles. The van der Waals surface area contributed by atoms with Crippen LogP contribution in [0.3, 0.4) is 0 Å². The molecule has 2 aromatic rings. The Bertz CT molecular complexity index is 841. The third-order valence-electron chi connectivity index (χ3n) is 8.18. The lowest BCUT2D eigenvalue weighted by Crippen LogP contribution is -2.35. The summed E-state index contributed by atoms with van der Waals surface area (Å²) in [4.78, 5) is 0. The van der Waals surface area contributed by atoms with Gasteiger partial charge in [-0.15, -0.1) is 0 Å². The van der Waals surface area contributed by atoms with E-state index in [1.54, 1.807) is 18.2 Å². The highest BCUT2D eigenvalue weighted by Gasteiger charge is 2.42. The molecule has 0 atom stereocenters. The highest BCUT2D eigenvalue weighted by Crippen LogP contribution is 2.46. The van der Waals surface area contributed by atoms with E-state index < -0.39 is 11.8 Å². The van der Waals surface area contributed by atoms with Crippen molar-refractivity contribution < 1.29 is 13.2 Å². The van der Waals surface area contributed by atoms with E-state index in [0.717, 1.165) is 35.8 Å². The number of hydrogen-bond acceptors (Lipinski definition) is 0. The second-order valence-electron chi connectivity index (χ2n) is 10.3. The Kier molecular flexibility index (Phi) is 7.63. The van der Waals surface area contributed by atoms with Crippen LogP contribution in [0.25, 0.3) is 11.1 Å². The Morgan fingerprint density at radius 3 is 2.00 bits per heavy atom. The van der Waals surface area contributed by atoms with E-state index in [-0.39, 0.29) is 12.2 Å². The largest absolute Gasteiger partial charge is 0.254 e. The van der Waals surface area contributed by atoms with Crippen LogP contribution in [0, 0.1) is 29.5 Å². The zero-order valence-corrected chi connectivity index (χ0v) is 19.3. The Morgan fingerprint density at radius 2 is 1.41 bits per heavy atom. The topological polar surface area (TPSA) is 0 Å². The van der Waals surface area contributed by atoms with E-state index in [1.165, 1.54) is 50.7 Å². The van der Waals surface area contributed by atoms with Gasteiger partial charge in [0.1, 0.15) is 5.82 Å². The number of hydrogen-bond donors (Lipinski definition) is 0. The van der Waals surface area contributed by atoms with Gasteiger partial charge in [-0.25, -0.2) is 13.2 Å². The third-order valence-corrected chi connectivity index (χ3v) is 8.18. The van der Waals surface area contributed by atoms with Crippen molar-refractivity contribution in [3.8, 4) is 11.1 Å². The van der Waals surface area contributed by atoms with Gasteiger partial charge < -0.3 is 0 Å². The molecule has 2 fully saturated rings. The van der Waals surface area contributed by atoms with Gasteiger partial charge in [-0.2, -0.15) is 0 Å². The average molecular weight is 443 g/mol. The van der Waals surface area contributed by atoms with Gasteiger partial charge in [0.25, 0.3) is 5.92 Å². The first-order chi connectivity index (χ1) is 15.4. The van der Waals surface area contributed by atoms with Gasteiger partial charge >= 0.3 is 0 Å². The normalized spacial score (nSPS) is 26.8. The number of rotatable bonds is 7. The Labute approximate surface area is 191 Å². The van der Waals surface area contributed by atoms with Crippen molar-refractivity contribution >= 4 is 0 Å². The lowest BCUT2D eigenvalue weighted by Gasteiger charge is -2.39. The molecule has 0 heterocycles. The molecule has 0 aromatic heterocycles. The smallest absolute Gasteiger partial charge is 0.207 e. The molecule has 0 radical (unpaired) electrons. The number of benzene rings is 2. The van der Waals surface area contributed by atoms with Crippen LogP contribution in [0.5, 0.6) is 0 Å². The van der Waals surface area contributed by atoms with Crippen LogP contribution in [0.1, 0.15) is 76.7 Å². The third kappa shape index (κ3) is 5.77. The summed E-state index contributed by atoms with van der Waals surface area (Å²) in [6.07, 6.45) is 11.0. The maximum Gasteiger partial charge on any atom is 0.254 e. The highest BCUT2D eigenvalue weighted by molar-refractivity contribution is 5.63. The van der Waals surface area contributed by atoms with Gasteiger partial charge in [-0.3, -0.25) is 0 Å². The minimum atomic E-state index is -2.66. The fraction of sp³-hybridized carbons (Fsp3) is 0.586.